The van der Waals surface area contributed by atoms with Crippen LogP contribution in [0.1, 0.15) is 70.0 Å². The quantitative estimate of drug-likeness (QED) is 0.811. The minimum Gasteiger partial charge on any atom is -0.299 e. The van der Waals surface area contributed by atoms with Gasteiger partial charge in [0, 0.05) is 17.2 Å². The molecule has 0 radical (unpaired) electrons. The largest absolute Gasteiger partial charge is 0.299 e. The van der Waals surface area contributed by atoms with Crippen molar-refractivity contribution in [3.05, 3.63) is 16.1 Å². The number of ketones is 1. The molecule has 0 bridgehead atoms. The lowest BCUT2D eigenvalue weighted by Crippen LogP contribution is -2.14. The number of thiazole rings is 1. The van der Waals surface area contributed by atoms with E-state index in [-0.39, 0.29) is 5.41 Å². The van der Waals surface area contributed by atoms with E-state index < -0.39 is 0 Å². The van der Waals surface area contributed by atoms with Gasteiger partial charge in [-0.25, -0.2) is 4.98 Å². The minimum atomic E-state index is 0.0845. The van der Waals surface area contributed by atoms with E-state index in [1.54, 1.807) is 11.3 Å². The van der Waals surface area contributed by atoms with Crippen LogP contribution in [0.15, 0.2) is 5.38 Å². The molecule has 1 aromatic rings. The number of aromatic nitrogens is 1. The second-order valence-corrected chi connectivity index (χ2v) is 7.74. The third-order valence-corrected chi connectivity index (χ3v) is 4.76. The molecular weight excluding hydrogens is 254 g/mol. The van der Waals surface area contributed by atoms with Crippen molar-refractivity contribution in [1.82, 2.24) is 4.98 Å². The van der Waals surface area contributed by atoms with Gasteiger partial charge in [0.1, 0.15) is 10.8 Å². The smallest absolute Gasteiger partial charge is 0.139 e. The van der Waals surface area contributed by atoms with Crippen LogP contribution < -0.4 is 0 Å². The number of carbonyl (C=O) groups excluding carboxylic acids is 1. The Morgan fingerprint density at radius 3 is 2.58 bits per heavy atom. The summed E-state index contributed by atoms with van der Waals surface area (Å²) in [6.07, 6.45) is 7.77. The topological polar surface area (TPSA) is 30.0 Å². The standard InChI is InChI=1S/C16H25NOS/c1-16(2,3)14-11-19-15(17-14)10-13(18)9-12-7-5-4-6-8-12/h11-12H,4-10H2,1-3H3. The molecule has 0 unspecified atom stereocenters. The Balaban J connectivity index is 1.86. The fourth-order valence-electron chi connectivity index (χ4n) is 2.69. The number of hydrogen-bond donors (Lipinski definition) is 0. The second-order valence-electron chi connectivity index (χ2n) is 6.80. The van der Waals surface area contributed by atoms with Gasteiger partial charge in [-0.05, 0) is 5.92 Å². The molecular formula is C16H25NOS. The first-order chi connectivity index (χ1) is 8.95. The highest BCUT2D eigenvalue weighted by Crippen LogP contribution is 2.28. The van der Waals surface area contributed by atoms with Crippen molar-refractivity contribution in [3.63, 3.8) is 0 Å². The van der Waals surface area contributed by atoms with Gasteiger partial charge >= 0.3 is 0 Å². The van der Waals surface area contributed by atoms with Gasteiger partial charge in [-0.1, -0.05) is 52.9 Å². The number of nitrogens with zero attached hydrogens (tertiary/aromatic N) is 1. The molecule has 0 aromatic carbocycles. The highest BCUT2D eigenvalue weighted by atomic mass is 32.1. The first kappa shape index (κ1) is 14.7. The molecule has 0 atom stereocenters. The van der Waals surface area contributed by atoms with Crippen LogP contribution in [0.25, 0.3) is 0 Å². The molecule has 1 aliphatic rings. The summed E-state index contributed by atoms with van der Waals surface area (Å²) in [7, 11) is 0. The predicted molar refractivity (Wildman–Crippen MR) is 80.7 cm³/mol. The molecule has 19 heavy (non-hydrogen) atoms. The first-order valence-electron chi connectivity index (χ1n) is 7.42. The molecule has 0 saturated heterocycles. The van der Waals surface area contributed by atoms with Crippen LogP contribution in [-0.4, -0.2) is 10.8 Å². The third-order valence-electron chi connectivity index (χ3n) is 3.91. The molecule has 0 aliphatic heterocycles. The van der Waals surface area contributed by atoms with Gasteiger partial charge in [-0.2, -0.15) is 0 Å². The van der Waals surface area contributed by atoms with Crippen LogP contribution in [-0.2, 0) is 16.6 Å². The van der Waals surface area contributed by atoms with Crippen LogP contribution >= 0.6 is 11.3 Å². The summed E-state index contributed by atoms with van der Waals surface area (Å²) < 4.78 is 0. The highest BCUT2D eigenvalue weighted by molar-refractivity contribution is 7.09. The van der Waals surface area contributed by atoms with Gasteiger partial charge in [0.05, 0.1) is 12.1 Å². The molecule has 1 fully saturated rings. The van der Waals surface area contributed by atoms with Crippen molar-refractivity contribution in [3.8, 4) is 0 Å². The minimum absolute atomic E-state index is 0.0845. The Morgan fingerprint density at radius 2 is 2.00 bits per heavy atom. The molecule has 0 N–H and O–H groups in total. The van der Waals surface area contributed by atoms with Gasteiger partial charge in [-0.15, -0.1) is 11.3 Å². The lowest BCUT2D eigenvalue weighted by molar-refractivity contribution is -0.119. The van der Waals surface area contributed by atoms with Gasteiger partial charge < -0.3 is 0 Å². The molecule has 1 aliphatic carbocycles. The molecule has 0 amide bonds. The Labute approximate surface area is 120 Å². The summed E-state index contributed by atoms with van der Waals surface area (Å²) >= 11 is 1.63. The normalized spacial score (nSPS) is 17.6. The van der Waals surface area contributed by atoms with E-state index in [1.807, 2.05) is 0 Å². The summed E-state index contributed by atoms with van der Waals surface area (Å²) in [5.41, 5.74) is 1.19. The van der Waals surface area contributed by atoms with Gasteiger partial charge in [0.25, 0.3) is 0 Å². The molecule has 2 rings (SSSR count). The van der Waals surface area contributed by atoms with Gasteiger partial charge in [0.15, 0.2) is 0 Å². The maximum absolute atomic E-state index is 12.1. The van der Waals surface area contributed by atoms with Crippen molar-refractivity contribution >= 4 is 17.1 Å². The lowest BCUT2D eigenvalue weighted by Gasteiger charge is -2.20. The van der Waals surface area contributed by atoms with Crippen molar-refractivity contribution < 1.29 is 4.79 Å². The summed E-state index contributed by atoms with van der Waals surface area (Å²) in [6, 6.07) is 0. The highest BCUT2D eigenvalue weighted by Gasteiger charge is 2.20. The summed E-state index contributed by atoms with van der Waals surface area (Å²) in [5.74, 6) is 1.02. The lowest BCUT2D eigenvalue weighted by atomic mass is 9.85. The van der Waals surface area contributed by atoms with E-state index in [0.717, 1.165) is 17.1 Å². The fourth-order valence-corrected chi connectivity index (χ4v) is 3.74. The Hall–Kier alpha value is -0.700. The Morgan fingerprint density at radius 1 is 1.32 bits per heavy atom. The van der Waals surface area contributed by atoms with E-state index in [9.17, 15) is 4.79 Å². The van der Waals surface area contributed by atoms with E-state index >= 15 is 0 Å². The number of hydrogen-bond acceptors (Lipinski definition) is 3. The fraction of sp³-hybridized carbons (Fsp3) is 0.750. The molecule has 0 spiro atoms. The number of rotatable bonds is 4. The molecule has 2 nitrogen and oxygen atoms in total. The molecule has 1 heterocycles. The summed E-state index contributed by atoms with van der Waals surface area (Å²) in [4.78, 5) is 16.7. The van der Waals surface area contributed by atoms with E-state index in [2.05, 4.69) is 31.1 Å². The molecule has 3 heteroatoms. The van der Waals surface area contributed by atoms with E-state index in [1.165, 1.54) is 32.1 Å². The van der Waals surface area contributed by atoms with Crippen LogP contribution in [0.5, 0.6) is 0 Å². The zero-order chi connectivity index (χ0) is 13.9. The van der Waals surface area contributed by atoms with Crippen molar-refractivity contribution in [2.75, 3.05) is 0 Å². The van der Waals surface area contributed by atoms with Crippen molar-refractivity contribution in [2.24, 2.45) is 5.92 Å². The summed E-state index contributed by atoms with van der Waals surface area (Å²) in [6.45, 7) is 6.49. The zero-order valence-electron chi connectivity index (χ0n) is 12.4. The van der Waals surface area contributed by atoms with Crippen LogP contribution in [0.4, 0.5) is 0 Å². The average molecular weight is 279 g/mol. The van der Waals surface area contributed by atoms with Gasteiger partial charge in [-0.3, -0.25) is 4.79 Å². The van der Waals surface area contributed by atoms with Crippen molar-refractivity contribution in [1.29, 1.82) is 0 Å². The van der Waals surface area contributed by atoms with E-state index in [4.69, 9.17) is 0 Å². The van der Waals surface area contributed by atoms with E-state index in [0.29, 0.717) is 18.1 Å². The maximum atomic E-state index is 12.1. The molecule has 1 saturated carbocycles. The molecule has 106 valence electrons. The third kappa shape index (κ3) is 4.41. The average Bonchev–Trinajstić information content (AvgIpc) is 2.78. The predicted octanol–water partition coefficient (Wildman–Crippen LogP) is 4.52. The van der Waals surface area contributed by atoms with Crippen LogP contribution in [0.3, 0.4) is 0 Å². The Bertz CT molecular complexity index is 424. The SMILES string of the molecule is CC(C)(C)c1csc(CC(=O)CC2CCCCC2)n1. The summed E-state index contributed by atoms with van der Waals surface area (Å²) in [5, 5.41) is 3.09. The monoisotopic (exact) mass is 279 g/mol. The van der Waals surface area contributed by atoms with Crippen LogP contribution in [0, 0.1) is 5.92 Å². The maximum Gasteiger partial charge on any atom is 0.139 e. The second kappa shape index (κ2) is 6.17. The zero-order valence-corrected chi connectivity index (χ0v) is 13.2. The van der Waals surface area contributed by atoms with Crippen LogP contribution in [0.2, 0.25) is 0 Å². The van der Waals surface area contributed by atoms with Gasteiger partial charge in [0.2, 0.25) is 0 Å². The first-order valence-corrected chi connectivity index (χ1v) is 8.29. The number of carbonyl (C=O) groups is 1. The molecule has 1 aromatic heterocycles. The number of Topliss-reactive ketones (excluding diaryl/α,β-unsaturated/α-hetero) is 1. The Kier molecular flexibility index (Phi) is 4.77. The van der Waals surface area contributed by atoms with Crippen molar-refractivity contribution in [2.45, 2.75) is 71.1 Å².